The van der Waals surface area contributed by atoms with Gasteiger partial charge in [-0.15, -0.1) is 0 Å². The maximum atomic E-state index is 10.7. The number of unbranched alkanes of at least 4 members (excludes halogenated alkanes) is 13. The first-order chi connectivity index (χ1) is 12.7. The zero-order chi connectivity index (χ0) is 19.1. The molecule has 1 saturated heterocycles. The molecule has 0 aromatic heterocycles. The van der Waals surface area contributed by atoms with Gasteiger partial charge in [0.1, 0.15) is 6.10 Å². The molecule has 0 unspecified atom stereocenters. The molecule has 1 heterocycles. The SMILES string of the molecule is CCCCCCCCCCCCCCCC[C@]1(O)C[C@@H](OC)O[C@@H]1CO. The first-order valence-corrected chi connectivity index (χ1v) is 11.2. The van der Waals surface area contributed by atoms with E-state index in [4.69, 9.17) is 9.47 Å². The molecular formula is C22H44O4. The number of aliphatic hydroxyl groups excluding tert-OH is 1. The summed E-state index contributed by atoms with van der Waals surface area (Å²) in [5.41, 5.74) is -0.924. The Labute approximate surface area is 161 Å². The van der Waals surface area contributed by atoms with Gasteiger partial charge >= 0.3 is 0 Å². The summed E-state index contributed by atoms with van der Waals surface area (Å²) in [6, 6.07) is 0. The third-order valence-corrected chi connectivity index (χ3v) is 5.83. The zero-order valence-corrected chi connectivity index (χ0v) is 17.4. The summed E-state index contributed by atoms with van der Waals surface area (Å²) in [4.78, 5) is 0. The second-order valence-corrected chi connectivity index (χ2v) is 8.13. The van der Waals surface area contributed by atoms with Crippen molar-refractivity contribution in [2.45, 2.75) is 128 Å². The number of rotatable bonds is 17. The van der Waals surface area contributed by atoms with Crippen molar-refractivity contribution < 1.29 is 19.7 Å². The van der Waals surface area contributed by atoms with Gasteiger partial charge in [-0.05, 0) is 6.42 Å². The Hall–Kier alpha value is -0.160. The molecule has 1 fully saturated rings. The number of methoxy groups -OCH3 is 1. The van der Waals surface area contributed by atoms with Gasteiger partial charge in [0.05, 0.1) is 12.2 Å². The summed E-state index contributed by atoms with van der Waals surface area (Å²) in [7, 11) is 1.58. The number of hydrogen-bond acceptors (Lipinski definition) is 4. The highest BCUT2D eigenvalue weighted by atomic mass is 16.7. The standard InChI is InChI=1S/C22H44O4/c1-3-4-5-6-7-8-9-10-11-12-13-14-15-16-17-22(24)18-21(25-2)26-20(22)19-23/h20-21,23-24H,3-19H2,1-2H3/t20-,21+,22+/m1/s1. The van der Waals surface area contributed by atoms with E-state index in [0.29, 0.717) is 12.8 Å². The van der Waals surface area contributed by atoms with Gasteiger partial charge < -0.3 is 19.7 Å². The first kappa shape index (κ1) is 23.9. The van der Waals surface area contributed by atoms with Crippen molar-refractivity contribution in [2.75, 3.05) is 13.7 Å². The monoisotopic (exact) mass is 372 g/mol. The Morgan fingerprint density at radius 3 is 1.73 bits per heavy atom. The molecule has 0 spiro atoms. The van der Waals surface area contributed by atoms with E-state index in [-0.39, 0.29) is 12.9 Å². The van der Waals surface area contributed by atoms with E-state index in [2.05, 4.69) is 6.92 Å². The Kier molecular flexibility index (Phi) is 13.6. The molecule has 1 rings (SSSR count). The summed E-state index contributed by atoms with van der Waals surface area (Å²) in [6.07, 6.45) is 18.9. The minimum atomic E-state index is -0.924. The maximum absolute atomic E-state index is 10.7. The van der Waals surface area contributed by atoms with Gasteiger partial charge in [0.25, 0.3) is 0 Å². The molecule has 2 N–H and O–H groups in total. The number of ether oxygens (including phenoxy) is 2. The van der Waals surface area contributed by atoms with Crippen LogP contribution in [0.3, 0.4) is 0 Å². The molecule has 0 aromatic carbocycles. The number of aliphatic hydroxyl groups is 2. The van der Waals surface area contributed by atoms with Gasteiger partial charge in [-0.2, -0.15) is 0 Å². The number of hydrogen-bond donors (Lipinski definition) is 2. The quantitative estimate of drug-likeness (QED) is 0.338. The van der Waals surface area contributed by atoms with E-state index < -0.39 is 11.7 Å². The predicted molar refractivity (Wildman–Crippen MR) is 107 cm³/mol. The lowest BCUT2D eigenvalue weighted by Crippen LogP contribution is -2.40. The topological polar surface area (TPSA) is 58.9 Å². The molecule has 26 heavy (non-hydrogen) atoms. The average molecular weight is 373 g/mol. The highest BCUT2D eigenvalue weighted by Gasteiger charge is 2.46. The lowest BCUT2D eigenvalue weighted by molar-refractivity contribution is -0.136. The Morgan fingerprint density at radius 1 is 0.846 bits per heavy atom. The van der Waals surface area contributed by atoms with E-state index in [0.717, 1.165) is 12.8 Å². The van der Waals surface area contributed by atoms with Crippen molar-refractivity contribution >= 4 is 0 Å². The third kappa shape index (κ3) is 9.68. The minimum absolute atomic E-state index is 0.144. The van der Waals surface area contributed by atoms with Crippen LogP contribution in [0, 0.1) is 0 Å². The van der Waals surface area contributed by atoms with Crippen molar-refractivity contribution in [1.29, 1.82) is 0 Å². The van der Waals surface area contributed by atoms with Gasteiger partial charge in [0.2, 0.25) is 0 Å². The summed E-state index contributed by atoms with van der Waals surface area (Å²) in [5.74, 6) is 0. The predicted octanol–water partition coefficient (Wildman–Crippen LogP) is 5.34. The van der Waals surface area contributed by atoms with Crippen molar-refractivity contribution in [1.82, 2.24) is 0 Å². The Balaban J connectivity index is 1.90. The van der Waals surface area contributed by atoms with Crippen molar-refractivity contribution in [3.8, 4) is 0 Å². The van der Waals surface area contributed by atoms with Crippen molar-refractivity contribution in [2.24, 2.45) is 0 Å². The molecule has 0 radical (unpaired) electrons. The highest BCUT2D eigenvalue weighted by Crippen LogP contribution is 2.35. The zero-order valence-electron chi connectivity index (χ0n) is 17.4. The van der Waals surface area contributed by atoms with Crippen LogP contribution in [-0.2, 0) is 9.47 Å². The fourth-order valence-corrected chi connectivity index (χ4v) is 4.02. The van der Waals surface area contributed by atoms with Gasteiger partial charge in [-0.25, -0.2) is 0 Å². The first-order valence-electron chi connectivity index (χ1n) is 11.2. The Bertz CT molecular complexity index is 323. The maximum Gasteiger partial charge on any atom is 0.160 e. The van der Waals surface area contributed by atoms with E-state index >= 15 is 0 Å². The van der Waals surface area contributed by atoms with Crippen LogP contribution in [0.4, 0.5) is 0 Å². The largest absolute Gasteiger partial charge is 0.394 e. The van der Waals surface area contributed by atoms with Gasteiger partial charge in [0.15, 0.2) is 6.29 Å². The van der Waals surface area contributed by atoms with Crippen LogP contribution >= 0.6 is 0 Å². The average Bonchev–Trinajstić information content (AvgIpc) is 2.98. The van der Waals surface area contributed by atoms with E-state index in [1.54, 1.807) is 7.11 Å². The lowest BCUT2D eigenvalue weighted by Gasteiger charge is -2.26. The molecule has 1 aliphatic rings. The second-order valence-electron chi connectivity index (χ2n) is 8.13. The van der Waals surface area contributed by atoms with Crippen LogP contribution in [0.2, 0.25) is 0 Å². The molecule has 0 amide bonds. The van der Waals surface area contributed by atoms with Crippen LogP contribution in [0.25, 0.3) is 0 Å². The van der Waals surface area contributed by atoms with E-state index in [1.807, 2.05) is 0 Å². The fourth-order valence-electron chi connectivity index (χ4n) is 4.02. The lowest BCUT2D eigenvalue weighted by atomic mass is 9.89. The molecule has 0 saturated carbocycles. The molecule has 3 atom stereocenters. The van der Waals surface area contributed by atoms with Gasteiger partial charge in [-0.1, -0.05) is 96.8 Å². The van der Waals surface area contributed by atoms with Crippen LogP contribution in [0.1, 0.15) is 110 Å². The summed E-state index contributed by atoms with van der Waals surface area (Å²) >= 11 is 0. The van der Waals surface area contributed by atoms with Crippen molar-refractivity contribution in [3.63, 3.8) is 0 Å². The molecule has 0 aromatic rings. The molecule has 156 valence electrons. The fraction of sp³-hybridized carbons (Fsp3) is 1.00. The highest BCUT2D eigenvalue weighted by molar-refractivity contribution is 4.93. The Morgan fingerprint density at radius 2 is 1.31 bits per heavy atom. The normalized spacial score (nSPS) is 25.8. The second kappa shape index (κ2) is 14.8. The van der Waals surface area contributed by atoms with Crippen LogP contribution in [0.5, 0.6) is 0 Å². The molecular weight excluding hydrogens is 328 g/mol. The summed E-state index contributed by atoms with van der Waals surface area (Å²) in [6.45, 7) is 2.13. The van der Waals surface area contributed by atoms with Gasteiger partial charge in [0, 0.05) is 13.5 Å². The molecule has 4 nitrogen and oxygen atoms in total. The van der Waals surface area contributed by atoms with Crippen molar-refractivity contribution in [3.05, 3.63) is 0 Å². The van der Waals surface area contributed by atoms with Gasteiger partial charge in [-0.3, -0.25) is 0 Å². The van der Waals surface area contributed by atoms with E-state index in [9.17, 15) is 10.2 Å². The van der Waals surface area contributed by atoms with E-state index in [1.165, 1.54) is 77.0 Å². The molecule has 4 heteroatoms. The molecule has 0 aliphatic carbocycles. The summed E-state index contributed by atoms with van der Waals surface area (Å²) in [5, 5.41) is 20.1. The minimum Gasteiger partial charge on any atom is -0.394 e. The third-order valence-electron chi connectivity index (χ3n) is 5.83. The van der Waals surface area contributed by atoms with Crippen LogP contribution < -0.4 is 0 Å². The summed E-state index contributed by atoms with van der Waals surface area (Å²) < 4.78 is 10.7. The molecule has 1 aliphatic heterocycles. The van der Waals surface area contributed by atoms with Crippen LogP contribution in [0.15, 0.2) is 0 Å². The smallest absolute Gasteiger partial charge is 0.160 e. The molecule has 0 bridgehead atoms. The van der Waals surface area contributed by atoms with Crippen LogP contribution in [-0.4, -0.2) is 41.9 Å².